The van der Waals surface area contributed by atoms with E-state index in [9.17, 15) is 0 Å². The molecule has 0 fully saturated rings. The van der Waals surface area contributed by atoms with Crippen LogP contribution in [-0.2, 0) is 6.42 Å². The van der Waals surface area contributed by atoms with Crippen molar-refractivity contribution in [2.24, 2.45) is 0 Å². The van der Waals surface area contributed by atoms with Crippen LogP contribution >= 0.6 is 7.92 Å². The van der Waals surface area contributed by atoms with Crippen molar-refractivity contribution in [3.8, 4) is 5.75 Å². The smallest absolute Gasteiger partial charge is 0.130 e. The molecule has 2 rings (SSSR count). The lowest BCUT2D eigenvalue weighted by molar-refractivity contribution is 0.256. The van der Waals surface area contributed by atoms with Gasteiger partial charge in [0.2, 0.25) is 0 Å². The Kier molecular flexibility index (Phi) is 3.73. The van der Waals surface area contributed by atoms with Crippen molar-refractivity contribution in [1.82, 2.24) is 0 Å². The van der Waals surface area contributed by atoms with Crippen molar-refractivity contribution in [3.05, 3.63) is 23.8 Å². The molecule has 1 aromatic rings. The minimum absolute atomic E-state index is 0.285. The first-order valence-corrected chi connectivity index (χ1v) is 8.54. The molecule has 0 saturated heterocycles. The van der Waals surface area contributed by atoms with Gasteiger partial charge in [0, 0.05) is 11.7 Å². The third kappa shape index (κ3) is 2.97. The van der Waals surface area contributed by atoms with Gasteiger partial charge >= 0.3 is 0 Å². The van der Waals surface area contributed by atoms with Gasteiger partial charge in [-0.05, 0) is 22.8 Å². The van der Waals surface area contributed by atoms with Crippen molar-refractivity contribution in [2.45, 2.75) is 71.3 Å². The first kappa shape index (κ1) is 14.9. The average Bonchev–Trinajstić information content (AvgIpc) is 2.54. The van der Waals surface area contributed by atoms with E-state index in [-0.39, 0.29) is 18.2 Å². The van der Waals surface area contributed by atoms with Gasteiger partial charge in [-0.15, -0.1) is 0 Å². The van der Waals surface area contributed by atoms with Gasteiger partial charge in [0.05, 0.1) is 0 Å². The molecule has 0 spiro atoms. The van der Waals surface area contributed by atoms with Crippen molar-refractivity contribution in [3.63, 3.8) is 0 Å². The summed E-state index contributed by atoms with van der Waals surface area (Å²) < 4.78 is 6.13. The molecule has 0 bridgehead atoms. The lowest BCUT2D eigenvalue weighted by atomic mass is 10.1. The van der Waals surface area contributed by atoms with Crippen LogP contribution in [0.1, 0.15) is 54.0 Å². The van der Waals surface area contributed by atoms with Crippen molar-refractivity contribution in [2.75, 3.05) is 0 Å². The van der Waals surface area contributed by atoms with E-state index in [0.29, 0.717) is 6.10 Å². The molecule has 1 atom stereocenters. The van der Waals surface area contributed by atoms with Crippen LogP contribution in [0.25, 0.3) is 0 Å². The quantitative estimate of drug-likeness (QED) is 0.676. The Hall–Kier alpha value is -0.550. The van der Waals surface area contributed by atoms with Gasteiger partial charge in [0.1, 0.15) is 11.9 Å². The van der Waals surface area contributed by atoms with E-state index in [0.717, 1.165) is 6.42 Å². The van der Waals surface area contributed by atoms with Crippen LogP contribution in [0.5, 0.6) is 5.75 Å². The van der Waals surface area contributed by atoms with Crippen LogP contribution in [0.4, 0.5) is 0 Å². The monoisotopic (exact) mass is 278 g/mol. The Bertz CT molecular complexity index is 451. The second-order valence-corrected chi connectivity index (χ2v) is 11.4. The molecule has 0 saturated carbocycles. The first-order valence-electron chi connectivity index (χ1n) is 7.19. The number of hydrogen-bond donors (Lipinski definition) is 0. The molecule has 1 unspecified atom stereocenters. The zero-order valence-electron chi connectivity index (χ0n) is 13.4. The molecule has 1 aliphatic rings. The number of rotatable bonds is 1. The summed E-state index contributed by atoms with van der Waals surface area (Å²) in [4.78, 5) is 0. The summed E-state index contributed by atoms with van der Waals surface area (Å²) in [6.45, 7) is 16.3. The van der Waals surface area contributed by atoms with Gasteiger partial charge in [-0.1, -0.05) is 67.7 Å². The molecule has 106 valence electrons. The molecule has 19 heavy (non-hydrogen) atoms. The number of fused-ring (bicyclic) bond motifs is 1. The Morgan fingerprint density at radius 1 is 1.05 bits per heavy atom. The van der Waals surface area contributed by atoms with E-state index >= 15 is 0 Å². The molecular formula is C17H27OP. The third-order valence-electron chi connectivity index (χ3n) is 3.48. The summed E-state index contributed by atoms with van der Waals surface area (Å²) >= 11 is 0. The topological polar surface area (TPSA) is 9.23 Å². The van der Waals surface area contributed by atoms with E-state index in [1.54, 1.807) is 0 Å². The highest BCUT2D eigenvalue weighted by Crippen LogP contribution is 2.60. The van der Waals surface area contributed by atoms with Crippen molar-refractivity contribution < 1.29 is 4.74 Å². The predicted octanol–water partition coefficient (Wildman–Crippen LogP) is 4.71. The molecule has 1 aromatic carbocycles. The fraction of sp³-hybridized carbons (Fsp3) is 0.647. The van der Waals surface area contributed by atoms with Gasteiger partial charge in [-0.2, -0.15) is 0 Å². The minimum Gasteiger partial charge on any atom is -0.489 e. The van der Waals surface area contributed by atoms with Gasteiger partial charge < -0.3 is 4.74 Å². The SMILES string of the molecule is CC1Cc2cccc(P(C(C)(C)C)C(C)(C)C)c2O1. The van der Waals surface area contributed by atoms with E-state index < -0.39 is 0 Å². The van der Waals surface area contributed by atoms with Gasteiger partial charge in [0.15, 0.2) is 0 Å². The second-order valence-electron chi connectivity index (χ2n) is 7.58. The first-order chi connectivity index (χ1) is 8.60. The molecule has 1 aliphatic heterocycles. The normalized spacial score (nSPS) is 19.5. The molecular weight excluding hydrogens is 251 g/mol. The predicted molar refractivity (Wildman–Crippen MR) is 86.3 cm³/mol. The van der Waals surface area contributed by atoms with Crippen LogP contribution in [0, 0.1) is 0 Å². The number of ether oxygens (including phenoxy) is 1. The zero-order chi connectivity index (χ0) is 14.4. The Balaban J connectivity index is 2.54. The maximum absolute atomic E-state index is 6.13. The molecule has 0 aromatic heterocycles. The van der Waals surface area contributed by atoms with Crippen molar-refractivity contribution >= 4 is 13.2 Å². The van der Waals surface area contributed by atoms with Crippen LogP contribution < -0.4 is 10.0 Å². The van der Waals surface area contributed by atoms with E-state index in [2.05, 4.69) is 66.7 Å². The van der Waals surface area contributed by atoms with Crippen LogP contribution in [0.15, 0.2) is 18.2 Å². The maximum atomic E-state index is 6.13. The molecule has 0 radical (unpaired) electrons. The van der Waals surface area contributed by atoms with E-state index in [1.165, 1.54) is 16.6 Å². The van der Waals surface area contributed by atoms with Gasteiger partial charge in [0.25, 0.3) is 0 Å². The lowest BCUT2D eigenvalue weighted by Crippen LogP contribution is -2.31. The Morgan fingerprint density at radius 3 is 2.16 bits per heavy atom. The summed E-state index contributed by atoms with van der Waals surface area (Å²) in [6, 6.07) is 6.72. The molecule has 1 heterocycles. The highest BCUT2D eigenvalue weighted by molar-refractivity contribution is 7.68. The number of hydrogen-bond acceptors (Lipinski definition) is 1. The minimum atomic E-state index is -0.285. The summed E-state index contributed by atoms with van der Waals surface area (Å²) in [5, 5.41) is 2.03. The van der Waals surface area contributed by atoms with Gasteiger partial charge in [-0.25, -0.2) is 0 Å². The highest BCUT2D eigenvalue weighted by Gasteiger charge is 2.38. The summed E-state index contributed by atoms with van der Waals surface area (Å²) in [6.07, 6.45) is 1.38. The van der Waals surface area contributed by atoms with Crippen LogP contribution in [0.3, 0.4) is 0 Å². The fourth-order valence-corrected chi connectivity index (χ4v) is 7.42. The maximum Gasteiger partial charge on any atom is 0.130 e. The van der Waals surface area contributed by atoms with Gasteiger partial charge in [-0.3, -0.25) is 0 Å². The van der Waals surface area contributed by atoms with E-state index in [4.69, 9.17) is 4.74 Å². The molecule has 0 amide bonds. The van der Waals surface area contributed by atoms with Crippen molar-refractivity contribution in [1.29, 1.82) is 0 Å². The summed E-state index contributed by atoms with van der Waals surface area (Å²) in [5.74, 6) is 1.19. The van der Waals surface area contributed by atoms with Crippen LogP contribution in [-0.4, -0.2) is 16.4 Å². The number of para-hydroxylation sites is 1. The third-order valence-corrected chi connectivity index (χ3v) is 7.00. The van der Waals surface area contributed by atoms with E-state index in [1.807, 2.05) is 0 Å². The van der Waals surface area contributed by atoms with Crippen LogP contribution in [0.2, 0.25) is 0 Å². The second kappa shape index (κ2) is 4.77. The highest BCUT2D eigenvalue weighted by atomic mass is 31.1. The average molecular weight is 278 g/mol. The molecule has 0 N–H and O–H groups in total. The summed E-state index contributed by atoms with van der Waals surface area (Å²) in [5.41, 5.74) is 1.39. The summed E-state index contributed by atoms with van der Waals surface area (Å²) in [7, 11) is -0.285. The Morgan fingerprint density at radius 2 is 1.63 bits per heavy atom. The lowest BCUT2D eigenvalue weighted by Gasteiger charge is -2.42. The number of benzene rings is 1. The molecule has 1 nitrogen and oxygen atoms in total. The standard InChI is InChI=1S/C17H27OP/c1-12-11-13-9-8-10-14(15(13)18-12)19(16(2,3)4)17(5,6)7/h8-10,12H,11H2,1-7H3. The molecule has 2 heteroatoms. The zero-order valence-corrected chi connectivity index (χ0v) is 14.3. The fourth-order valence-electron chi connectivity index (χ4n) is 3.33. The Labute approximate surface area is 119 Å². The molecule has 0 aliphatic carbocycles. The largest absolute Gasteiger partial charge is 0.489 e.